The van der Waals surface area contributed by atoms with Crippen molar-refractivity contribution in [2.75, 3.05) is 13.2 Å². The molecule has 0 spiro atoms. The van der Waals surface area contributed by atoms with Gasteiger partial charge in [0.1, 0.15) is 5.75 Å². The molecule has 2 rings (SSSR count). The Bertz CT molecular complexity index is 542. The predicted octanol–water partition coefficient (Wildman–Crippen LogP) is 2.13. The van der Waals surface area contributed by atoms with Crippen LogP contribution in [0.4, 0.5) is 0 Å². The molecular formula is C18H26N2O3. The summed E-state index contributed by atoms with van der Waals surface area (Å²) in [6.07, 6.45) is 2.75. The fraction of sp³-hybridized carbons (Fsp3) is 0.556. The van der Waals surface area contributed by atoms with E-state index in [-0.39, 0.29) is 23.8 Å². The van der Waals surface area contributed by atoms with E-state index in [4.69, 9.17) is 10.5 Å². The van der Waals surface area contributed by atoms with E-state index in [0.717, 1.165) is 24.2 Å². The van der Waals surface area contributed by atoms with E-state index < -0.39 is 0 Å². The van der Waals surface area contributed by atoms with Gasteiger partial charge in [0.25, 0.3) is 0 Å². The molecule has 1 aliphatic rings. The molecule has 2 N–H and O–H groups in total. The number of ether oxygens (including phenoxy) is 1. The highest BCUT2D eigenvalue weighted by molar-refractivity contribution is 5.80. The molecule has 1 fully saturated rings. The van der Waals surface area contributed by atoms with E-state index in [1.54, 1.807) is 0 Å². The van der Waals surface area contributed by atoms with Crippen LogP contribution in [0.5, 0.6) is 5.75 Å². The highest BCUT2D eigenvalue weighted by Crippen LogP contribution is 2.23. The molecule has 5 nitrogen and oxygen atoms in total. The van der Waals surface area contributed by atoms with Gasteiger partial charge in [-0.25, -0.2) is 0 Å². The standard InChI is InChI=1S/C18H26N2O3/c1-3-23-16-9-5-14(6-10-16)7-11-17(21)20-12-15(18(19)22)8-4-13(20)2/h5-6,9-10,13,15H,3-4,7-8,11-12H2,1-2H3,(H2,19,22)/t13-,15-/m1/s1. The van der Waals surface area contributed by atoms with Crippen LogP contribution in [0.2, 0.25) is 0 Å². The smallest absolute Gasteiger partial charge is 0.223 e. The first-order valence-electron chi connectivity index (χ1n) is 8.31. The van der Waals surface area contributed by atoms with Crippen molar-refractivity contribution in [1.29, 1.82) is 0 Å². The fourth-order valence-electron chi connectivity index (χ4n) is 3.00. The van der Waals surface area contributed by atoms with Crippen LogP contribution in [0.3, 0.4) is 0 Å². The summed E-state index contributed by atoms with van der Waals surface area (Å²) in [6.45, 7) is 5.09. The summed E-state index contributed by atoms with van der Waals surface area (Å²) in [5, 5.41) is 0. The topological polar surface area (TPSA) is 72.6 Å². The molecule has 1 heterocycles. The average molecular weight is 318 g/mol. The first kappa shape index (κ1) is 17.3. The number of carbonyl (C=O) groups is 2. The van der Waals surface area contributed by atoms with E-state index >= 15 is 0 Å². The largest absolute Gasteiger partial charge is 0.494 e. The van der Waals surface area contributed by atoms with Gasteiger partial charge in [-0.3, -0.25) is 9.59 Å². The minimum Gasteiger partial charge on any atom is -0.494 e. The number of piperidine rings is 1. The van der Waals surface area contributed by atoms with Gasteiger partial charge in [0.15, 0.2) is 0 Å². The molecular weight excluding hydrogens is 292 g/mol. The third-order valence-corrected chi connectivity index (χ3v) is 4.47. The molecule has 0 saturated carbocycles. The summed E-state index contributed by atoms with van der Waals surface area (Å²) < 4.78 is 5.41. The van der Waals surface area contributed by atoms with Crippen LogP contribution in [-0.4, -0.2) is 35.9 Å². The van der Waals surface area contributed by atoms with Gasteiger partial charge in [0, 0.05) is 19.0 Å². The SMILES string of the molecule is CCOc1ccc(CCC(=O)N2C[C@H](C(N)=O)CC[C@H]2C)cc1. The lowest BCUT2D eigenvalue weighted by Gasteiger charge is -2.37. The van der Waals surface area contributed by atoms with Crippen molar-refractivity contribution in [2.24, 2.45) is 11.7 Å². The molecule has 0 unspecified atom stereocenters. The second-order valence-corrected chi connectivity index (χ2v) is 6.15. The van der Waals surface area contributed by atoms with Crippen LogP contribution in [0.1, 0.15) is 38.7 Å². The first-order chi connectivity index (χ1) is 11.0. The van der Waals surface area contributed by atoms with Crippen molar-refractivity contribution in [2.45, 2.75) is 45.6 Å². The van der Waals surface area contributed by atoms with Crippen LogP contribution < -0.4 is 10.5 Å². The number of nitrogens with zero attached hydrogens (tertiary/aromatic N) is 1. The number of aryl methyl sites for hydroxylation is 1. The fourth-order valence-corrected chi connectivity index (χ4v) is 3.00. The Hall–Kier alpha value is -2.04. The van der Waals surface area contributed by atoms with Crippen molar-refractivity contribution >= 4 is 11.8 Å². The molecule has 1 aromatic rings. The molecule has 0 bridgehead atoms. The van der Waals surface area contributed by atoms with Crippen molar-refractivity contribution in [3.8, 4) is 5.75 Å². The maximum atomic E-state index is 12.5. The molecule has 1 saturated heterocycles. The number of hydrogen-bond acceptors (Lipinski definition) is 3. The van der Waals surface area contributed by atoms with Crippen molar-refractivity contribution < 1.29 is 14.3 Å². The summed E-state index contributed by atoms with van der Waals surface area (Å²) in [6, 6.07) is 8.01. The molecule has 2 amide bonds. The number of hydrogen-bond donors (Lipinski definition) is 1. The van der Waals surface area contributed by atoms with Gasteiger partial charge < -0.3 is 15.4 Å². The summed E-state index contributed by atoms with van der Waals surface area (Å²) >= 11 is 0. The number of benzene rings is 1. The molecule has 5 heteroatoms. The Morgan fingerprint density at radius 3 is 2.57 bits per heavy atom. The quantitative estimate of drug-likeness (QED) is 0.873. The Kier molecular flexibility index (Phi) is 6.02. The lowest BCUT2D eigenvalue weighted by Crippen LogP contribution is -2.48. The van der Waals surface area contributed by atoms with Gasteiger partial charge in [0.2, 0.25) is 11.8 Å². The zero-order valence-corrected chi connectivity index (χ0v) is 14.0. The number of likely N-dealkylation sites (tertiary alicyclic amines) is 1. The Labute approximate surface area is 137 Å². The molecule has 126 valence electrons. The summed E-state index contributed by atoms with van der Waals surface area (Å²) in [5.74, 6) is 0.427. The number of carbonyl (C=O) groups excluding carboxylic acids is 2. The number of nitrogens with two attached hydrogens (primary N) is 1. The van der Waals surface area contributed by atoms with Crippen molar-refractivity contribution in [1.82, 2.24) is 4.90 Å². The second kappa shape index (κ2) is 7.99. The molecule has 23 heavy (non-hydrogen) atoms. The van der Waals surface area contributed by atoms with Gasteiger partial charge >= 0.3 is 0 Å². The normalized spacial score (nSPS) is 21.0. The number of amides is 2. The first-order valence-corrected chi connectivity index (χ1v) is 8.31. The van der Waals surface area contributed by atoms with E-state index in [2.05, 4.69) is 0 Å². The summed E-state index contributed by atoms with van der Waals surface area (Å²) in [4.78, 5) is 25.6. The van der Waals surface area contributed by atoms with Crippen molar-refractivity contribution in [3.63, 3.8) is 0 Å². The minimum absolute atomic E-state index is 0.0948. The molecule has 2 atom stereocenters. The zero-order chi connectivity index (χ0) is 16.8. The molecule has 1 aromatic carbocycles. The average Bonchev–Trinajstić information content (AvgIpc) is 2.54. The Morgan fingerprint density at radius 1 is 1.26 bits per heavy atom. The molecule has 1 aliphatic heterocycles. The van der Waals surface area contributed by atoms with Crippen LogP contribution in [0.25, 0.3) is 0 Å². The van der Waals surface area contributed by atoms with Gasteiger partial charge in [-0.15, -0.1) is 0 Å². The Balaban J connectivity index is 1.89. The third-order valence-electron chi connectivity index (χ3n) is 4.47. The zero-order valence-electron chi connectivity index (χ0n) is 14.0. The summed E-state index contributed by atoms with van der Waals surface area (Å²) in [5.41, 5.74) is 6.50. The Morgan fingerprint density at radius 2 is 1.96 bits per heavy atom. The minimum atomic E-state index is -0.304. The monoisotopic (exact) mass is 318 g/mol. The maximum Gasteiger partial charge on any atom is 0.223 e. The predicted molar refractivity (Wildman–Crippen MR) is 89.0 cm³/mol. The highest BCUT2D eigenvalue weighted by atomic mass is 16.5. The molecule has 0 radical (unpaired) electrons. The van der Waals surface area contributed by atoms with E-state index in [1.807, 2.05) is 43.0 Å². The molecule has 0 aliphatic carbocycles. The van der Waals surface area contributed by atoms with Crippen LogP contribution >= 0.6 is 0 Å². The number of rotatable bonds is 6. The third kappa shape index (κ3) is 4.71. The maximum absolute atomic E-state index is 12.5. The van der Waals surface area contributed by atoms with Gasteiger partial charge in [-0.05, 0) is 50.8 Å². The van der Waals surface area contributed by atoms with Gasteiger partial charge in [-0.2, -0.15) is 0 Å². The van der Waals surface area contributed by atoms with Gasteiger partial charge in [0.05, 0.1) is 12.5 Å². The molecule has 0 aromatic heterocycles. The van der Waals surface area contributed by atoms with Crippen LogP contribution in [0, 0.1) is 5.92 Å². The lowest BCUT2D eigenvalue weighted by molar-refractivity contribution is -0.137. The summed E-state index contributed by atoms with van der Waals surface area (Å²) in [7, 11) is 0. The van der Waals surface area contributed by atoms with E-state index in [0.29, 0.717) is 26.0 Å². The van der Waals surface area contributed by atoms with Gasteiger partial charge in [-0.1, -0.05) is 12.1 Å². The number of primary amides is 1. The van der Waals surface area contributed by atoms with Crippen LogP contribution in [-0.2, 0) is 16.0 Å². The van der Waals surface area contributed by atoms with E-state index in [9.17, 15) is 9.59 Å². The highest BCUT2D eigenvalue weighted by Gasteiger charge is 2.31. The van der Waals surface area contributed by atoms with Crippen LogP contribution in [0.15, 0.2) is 24.3 Å². The lowest BCUT2D eigenvalue weighted by atomic mass is 9.92. The second-order valence-electron chi connectivity index (χ2n) is 6.15. The van der Waals surface area contributed by atoms with E-state index in [1.165, 1.54) is 0 Å². The van der Waals surface area contributed by atoms with Crippen molar-refractivity contribution in [3.05, 3.63) is 29.8 Å².